The lowest BCUT2D eigenvalue weighted by Crippen LogP contribution is -2.43. The molecule has 2 aromatic carbocycles. The van der Waals surface area contributed by atoms with Crippen molar-refractivity contribution in [2.75, 3.05) is 18.5 Å². The molecule has 0 radical (unpaired) electrons. The zero-order valence-corrected chi connectivity index (χ0v) is 20.5. The Morgan fingerprint density at radius 2 is 2.06 bits per heavy atom. The van der Waals surface area contributed by atoms with Gasteiger partial charge < -0.3 is 25.5 Å². The molecule has 3 amide bonds. The van der Waals surface area contributed by atoms with Crippen molar-refractivity contribution >= 4 is 40.7 Å². The van der Waals surface area contributed by atoms with E-state index < -0.39 is 17.6 Å². The highest BCUT2D eigenvalue weighted by molar-refractivity contribution is 6.30. The van der Waals surface area contributed by atoms with Crippen LogP contribution in [-0.2, 0) is 19.2 Å². The Hall–Kier alpha value is -3.85. The van der Waals surface area contributed by atoms with Crippen LogP contribution in [0, 0.1) is 0 Å². The highest BCUT2D eigenvalue weighted by Gasteiger charge is 2.52. The smallest absolute Gasteiger partial charge is 0.262 e. The molecule has 0 aromatic heterocycles. The molecule has 1 fully saturated rings. The quantitative estimate of drug-likeness (QED) is 0.527. The molecule has 188 valence electrons. The highest BCUT2D eigenvalue weighted by atomic mass is 35.5. The number of carbonyl (C=O) groups excluding carboxylic acids is 3. The minimum atomic E-state index is -0.823. The Morgan fingerprint density at radius 3 is 2.78 bits per heavy atom. The van der Waals surface area contributed by atoms with Crippen LogP contribution in [0.25, 0.3) is 0 Å². The van der Waals surface area contributed by atoms with Crippen molar-refractivity contribution in [3.63, 3.8) is 0 Å². The van der Waals surface area contributed by atoms with E-state index in [0.29, 0.717) is 35.0 Å². The van der Waals surface area contributed by atoms with Crippen LogP contribution in [0.15, 0.2) is 65.8 Å². The number of allylic oxidation sites excluding steroid dienone is 1. The van der Waals surface area contributed by atoms with Crippen molar-refractivity contribution < 1.29 is 24.0 Å². The van der Waals surface area contributed by atoms with Gasteiger partial charge in [0.25, 0.3) is 5.91 Å². The van der Waals surface area contributed by atoms with Gasteiger partial charge in [-0.3, -0.25) is 14.4 Å². The number of ether oxygens (including phenoxy) is 1. The van der Waals surface area contributed by atoms with Crippen molar-refractivity contribution in [2.24, 2.45) is 10.9 Å². The average molecular weight is 511 g/mol. The van der Waals surface area contributed by atoms with Crippen LogP contribution >= 0.6 is 11.6 Å². The number of nitrogens with zero attached hydrogens (tertiary/aromatic N) is 2. The fraction of sp³-hybridized carbons (Fsp3) is 0.308. The van der Waals surface area contributed by atoms with Crippen molar-refractivity contribution in [3.8, 4) is 5.75 Å². The summed E-state index contributed by atoms with van der Waals surface area (Å²) in [5.41, 5.74) is 6.75. The number of likely N-dealkylation sites (tertiary alicyclic amines) is 1. The third kappa shape index (κ3) is 5.85. The van der Waals surface area contributed by atoms with Crippen LogP contribution in [0.4, 0.5) is 5.69 Å². The molecule has 1 spiro atoms. The second-order valence-corrected chi connectivity index (χ2v) is 9.20. The summed E-state index contributed by atoms with van der Waals surface area (Å²) >= 11 is 5.86. The minimum absolute atomic E-state index is 0.163. The van der Waals surface area contributed by atoms with Gasteiger partial charge in [-0.2, -0.15) is 0 Å². The molecular formula is C26H27ClN4O5. The topological polar surface area (TPSA) is 123 Å². The molecule has 2 atom stereocenters. The number of nitrogens with two attached hydrogens (primary N) is 1. The number of rotatable bonds is 8. The van der Waals surface area contributed by atoms with E-state index in [-0.39, 0.29) is 31.4 Å². The fourth-order valence-electron chi connectivity index (χ4n) is 4.27. The number of hydrogen-bond acceptors (Lipinski definition) is 6. The van der Waals surface area contributed by atoms with Gasteiger partial charge in [-0.1, -0.05) is 41.9 Å². The molecular weight excluding hydrogens is 484 g/mol. The molecule has 1 saturated heterocycles. The van der Waals surface area contributed by atoms with Gasteiger partial charge in [0.05, 0.1) is 12.3 Å². The summed E-state index contributed by atoms with van der Waals surface area (Å²) in [6.07, 6.45) is 4.56. The maximum atomic E-state index is 12.6. The maximum Gasteiger partial charge on any atom is 0.262 e. The van der Waals surface area contributed by atoms with E-state index in [9.17, 15) is 14.4 Å². The van der Waals surface area contributed by atoms with E-state index in [1.807, 2.05) is 13.0 Å². The molecule has 10 heteroatoms. The van der Waals surface area contributed by atoms with Crippen LogP contribution in [-0.4, -0.2) is 53.1 Å². The van der Waals surface area contributed by atoms with E-state index >= 15 is 0 Å². The number of primary amides is 1. The summed E-state index contributed by atoms with van der Waals surface area (Å²) in [6, 6.07) is 13.2. The zero-order chi connectivity index (χ0) is 25.7. The Morgan fingerprint density at radius 1 is 1.28 bits per heavy atom. The molecule has 0 saturated carbocycles. The molecule has 9 nitrogen and oxygen atoms in total. The second-order valence-electron chi connectivity index (χ2n) is 8.76. The molecule has 2 heterocycles. The van der Waals surface area contributed by atoms with E-state index in [4.69, 9.17) is 26.9 Å². The zero-order valence-electron chi connectivity index (χ0n) is 19.8. The number of nitrogens with one attached hydrogen (secondary N) is 1. The lowest BCUT2D eigenvalue weighted by Gasteiger charge is -2.21. The first-order valence-electron chi connectivity index (χ1n) is 11.6. The first-order chi connectivity index (χ1) is 17.3. The first kappa shape index (κ1) is 25.2. The van der Waals surface area contributed by atoms with Crippen LogP contribution in [0.3, 0.4) is 0 Å². The molecule has 36 heavy (non-hydrogen) atoms. The number of carbonyl (C=O) groups is 3. The largest absolute Gasteiger partial charge is 0.484 e. The fourth-order valence-corrected chi connectivity index (χ4v) is 4.40. The number of amides is 3. The molecule has 4 rings (SSSR count). The summed E-state index contributed by atoms with van der Waals surface area (Å²) in [5.74, 6) is -0.639. The van der Waals surface area contributed by atoms with E-state index in [1.54, 1.807) is 48.5 Å². The van der Waals surface area contributed by atoms with Crippen LogP contribution in [0.2, 0.25) is 5.02 Å². The third-order valence-electron chi connectivity index (χ3n) is 6.01. The van der Waals surface area contributed by atoms with Gasteiger partial charge in [0.1, 0.15) is 11.8 Å². The van der Waals surface area contributed by atoms with Gasteiger partial charge >= 0.3 is 0 Å². The van der Waals surface area contributed by atoms with Gasteiger partial charge in [-0.05, 0) is 48.9 Å². The molecule has 0 aliphatic carbocycles. The van der Waals surface area contributed by atoms with E-state index in [2.05, 4.69) is 10.5 Å². The Balaban J connectivity index is 1.39. The molecule has 3 N–H and O–H groups in total. The van der Waals surface area contributed by atoms with Crippen molar-refractivity contribution in [3.05, 3.63) is 71.3 Å². The Labute approximate surface area is 213 Å². The normalized spacial score (nSPS) is 20.9. The summed E-state index contributed by atoms with van der Waals surface area (Å²) in [4.78, 5) is 44.2. The maximum absolute atomic E-state index is 12.6. The van der Waals surface area contributed by atoms with Gasteiger partial charge in [-0.25, -0.2) is 0 Å². The van der Waals surface area contributed by atoms with Gasteiger partial charge in [0.15, 0.2) is 12.2 Å². The number of benzene rings is 2. The van der Waals surface area contributed by atoms with Crippen molar-refractivity contribution in [2.45, 2.75) is 37.8 Å². The van der Waals surface area contributed by atoms with Gasteiger partial charge in [0.2, 0.25) is 11.8 Å². The van der Waals surface area contributed by atoms with E-state index in [1.165, 1.54) is 11.0 Å². The second kappa shape index (κ2) is 10.8. The summed E-state index contributed by atoms with van der Waals surface area (Å²) in [5, 5.41) is 7.64. The standard InChI is InChI=1S/C26H27ClN4O5/c1-2-3-7-24(33)31-16-26(14-22(31)25(28)34)13-21(30-36-26)17-5-4-6-19(12-17)29-23(32)15-35-20-10-8-18(27)9-11-20/h3-12,22H,2,13-16H2,1H3,(H2,28,34)(H,29,32)/b7-3+/t22-,26?/m0/s1. The lowest BCUT2D eigenvalue weighted by molar-refractivity contribution is -0.133. The average Bonchev–Trinajstić information content (AvgIpc) is 3.46. The Kier molecular flexibility index (Phi) is 7.59. The molecule has 0 bridgehead atoms. The van der Waals surface area contributed by atoms with Crippen LogP contribution in [0.5, 0.6) is 5.75 Å². The number of halogens is 1. The Bertz CT molecular complexity index is 1210. The molecule has 2 aromatic rings. The van der Waals surface area contributed by atoms with E-state index in [0.717, 1.165) is 5.56 Å². The highest BCUT2D eigenvalue weighted by Crippen LogP contribution is 2.39. The third-order valence-corrected chi connectivity index (χ3v) is 6.26. The molecule has 2 aliphatic rings. The SMILES string of the molecule is CC/C=C/C(=O)N1CC2(CC(c3cccc(NC(=O)COc4ccc(Cl)cc4)c3)=NO2)C[C@H]1C(N)=O. The number of hydrogen-bond donors (Lipinski definition) is 2. The van der Waals surface area contributed by atoms with Crippen LogP contribution in [0.1, 0.15) is 31.7 Å². The number of anilines is 1. The summed E-state index contributed by atoms with van der Waals surface area (Å²) in [6.45, 7) is 1.97. The van der Waals surface area contributed by atoms with Gasteiger partial charge in [-0.15, -0.1) is 0 Å². The summed E-state index contributed by atoms with van der Waals surface area (Å²) < 4.78 is 5.48. The monoisotopic (exact) mass is 510 g/mol. The minimum Gasteiger partial charge on any atom is -0.484 e. The molecule has 2 aliphatic heterocycles. The van der Waals surface area contributed by atoms with Crippen molar-refractivity contribution in [1.29, 1.82) is 0 Å². The lowest BCUT2D eigenvalue weighted by atomic mass is 9.91. The first-order valence-corrected chi connectivity index (χ1v) is 12.0. The summed E-state index contributed by atoms with van der Waals surface area (Å²) in [7, 11) is 0. The number of oxime groups is 1. The molecule has 1 unspecified atom stereocenters. The predicted molar refractivity (Wildman–Crippen MR) is 136 cm³/mol. The van der Waals surface area contributed by atoms with Gasteiger partial charge in [0, 0.05) is 29.1 Å². The van der Waals surface area contributed by atoms with Crippen molar-refractivity contribution in [1.82, 2.24) is 4.90 Å². The predicted octanol–water partition coefficient (Wildman–Crippen LogP) is 3.27. The van der Waals surface area contributed by atoms with Crippen LogP contribution < -0.4 is 15.8 Å².